The van der Waals surface area contributed by atoms with Crippen molar-refractivity contribution in [3.05, 3.63) is 167 Å². The fourth-order valence-electron chi connectivity index (χ4n) is 13.5. The van der Waals surface area contributed by atoms with Crippen LogP contribution in [-0.2, 0) is 44.2 Å². The van der Waals surface area contributed by atoms with E-state index >= 15 is 0 Å². The fourth-order valence-corrected chi connectivity index (χ4v) is 13.5. The number of aromatic nitrogens is 8. The van der Waals surface area contributed by atoms with Gasteiger partial charge in [-0.3, -0.25) is 28.9 Å². The Bertz CT molecular complexity index is 3750. The highest BCUT2D eigenvalue weighted by atomic mass is 16.5. The van der Waals surface area contributed by atoms with Crippen LogP contribution in [0.5, 0.6) is 0 Å². The van der Waals surface area contributed by atoms with Crippen molar-refractivity contribution >= 4 is 55.7 Å². The van der Waals surface area contributed by atoms with E-state index in [2.05, 4.69) is 181 Å². The number of carbonyl (C=O) groups is 2. The summed E-state index contributed by atoms with van der Waals surface area (Å²) >= 11 is 0. The van der Waals surface area contributed by atoms with Crippen LogP contribution in [0.2, 0.25) is 0 Å². The third-order valence-electron chi connectivity index (χ3n) is 17.6. The number of pyridine rings is 2. The van der Waals surface area contributed by atoms with Crippen LogP contribution in [0.4, 0.5) is 0 Å². The Morgan fingerprint density at radius 2 is 0.907 bits per heavy atom. The van der Waals surface area contributed by atoms with Gasteiger partial charge in [0.1, 0.15) is 0 Å². The highest BCUT2D eigenvalue weighted by Crippen LogP contribution is 2.45. The van der Waals surface area contributed by atoms with Gasteiger partial charge in [0.2, 0.25) is 11.8 Å². The van der Waals surface area contributed by atoms with Crippen molar-refractivity contribution < 1.29 is 19.1 Å². The zero-order valence-corrected chi connectivity index (χ0v) is 52.2. The minimum Gasteiger partial charge on any atom is -0.381 e. The maximum absolute atomic E-state index is 12.8. The molecule has 0 saturated carbocycles. The molecule has 2 saturated heterocycles. The lowest BCUT2D eigenvalue weighted by molar-refractivity contribution is -0.124. The maximum atomic E-state index is 12.8. The van der Waals surface area contributed by atoms with E-state index in [-0.39, 0.29) is 23.9 Å². The van der Waals surface area contributed by atoms with Crippen LogP contribution < -0.4 is 10.6 Å². The van der Waals surface area contributed by atoms with Crippen LogP contribution in [0.1, 0.15) is 98.8 Å². The normalized spacial score (nSPS) is 15.4. The van der Waals surface area contributed by atoms with Gasteiger partial charge < -0.3 is 39.0 Å². The van der Waals surface area contributed by atoms with E-state index in [4.69, 9.17) is 19.4 Å². The molecule has 6 aromatic heterocycles. The van der Waals surface area contributed by atoms with Gasteiger partial charge in [-0.15, -0.1) is 0 Å². The molecule has 0 bridgehead atoms. The molecule has 2 fully saturated rings. The molecule has 448 valence electrons. The largest absolute Gasteiger partial charge is 0.381 e. The summed E-state index contributed by atoms with van der Waals surface area (Å²) in [6.07, 6.45) is 11.7. The van der Waals surface area contributed by atoms with Crippen molar-refractivity contribution in [2.45, 2.75) is 90.4 Å². The van der Waals surface area contributed by atoms with Gasteiger partial charge in [-0.2, -0.15) is 10.2 Å². The van der Waals surface area contributed by atoms with E-state index in [1.807, 2.05) is 86.2 Å². The number of amides is 2. The van der Waals surface area contributed by atoms with Gasteiger partial charge in [0.05, 0.1) is 93.1 Å². The number of aryl methyl sites for hydroxylation is 4. The Hall–Kier alpha value is -8.02. The van der Waals surface area contributed by atoms with E-state index in [9.17, 15) is 9.59 Å². The molecule has 16 heteroatoms. The Balaban J connectivity index is 0.000000179. The molecular weight excluding hydrogens is 1070 g/mol. The maximum Gasteiger partial charge on any atom is 0.234 e. The van der Waals surface area contributed by atoms with Crippen molar-refractivity contribution in [2.75, 3.05) is 67.7 Å². The van der Waals surface area contributed by atoms with Crippen LogP contribution in [0.3, 0.4) is 0 Å². The lowest BCUT2D eigenvalue weighted by Crippen LogP contribution is -2.44. The number of carbonyl (C=O) groups excluding carboxylic acids is 2. The van der Waals surface area contributed by atoms with Gasteiger partial charge in [-0.25, -0.2) is 0 Å². The summed E-state index contributed by atoms with van der Waals surface area (Å²) in [5.74, 6) is 0.790. The van der Waals surface area contributed by atoms with Crippen LogP contribution in [0.25, 0.3) is 66.4 Å². The average molecular weight is 1160 g/mol. The third-order valence-corrected chi connectivity index (χ3v) is 17.6. The number of likely N-dealkylation sites (N-methyl/N-ethyl adjacent to an activating group) is 2. The second-order valence-electron chi connectivity index (χ2n) is 25.4. The Kier molecular flexibility index (Phi) is 17.2. The van der Waals surface area contributed by atoms with Gasteiger partial charge in [0.25, 0.3) is 0 Å². The van der Waals surface area contributed by atoms with Gasteiger partial charge >= 0.3 is 0 Å². The van der Waals surface area contributed by atoms with Crippen molar-refractivity contribution in [2.24, 2.45) is 25.9 Å². The standard InChI is InChI=1S/2C35H42N6O2/c2*1-23-20-37-40(6)33(23)26-18-30-32(36-21-26)28-13-12-27(35(2,3)38-31(42)22-39(4)5)19-29(28)41(30)34(24-10-8-7-9-11-24)25-14-16-43-17-15-25/h2*7-13,18-21,25,34H,14-17,22H2,1-6H3,(H,38,42). The summed E-state index contributed by atoms with van der Waals surface area (Å²) in [5, 5.41) is 17.7. The zero-order valence-electron chi connectivity index (χ0n) is 52.2. The van der Waals surface area contributed by atoms with Crippen molar-refractivity contribution in [3.8, 4) is 22.5 Å². The molecule has 8 heterocycles. The molecular formula is C70H84N12O4. The Morgan fingerprint density at radius 3 is 1.24 bits per heavy atom. The molecule has 2 atom stereocenters. The van der Waals surface area contributed by atoms with E-state index in [0.717, 1.165) is 141 Å². The van der Waals surface area contributed by atoms with E-state index in [1.165, 1.54) is 11.1 Å². The SMILES string of the molecule is Cc1cnn(C)c1-c1cnc2c3ccc(C(C)(C)NC(=O)CN(C)C)cc3n(C(c3ccccc3)C3CCOCC3)c2c1.Cc1cnn(C)c1-c1cnc2c3ccc(C(C)(C)NC(=O)CN(C)C)cc3n(C(c3ccccc3)C3CCOCC3)c2c1. The van der Waals surface area contributed by atoms with Crippen LogP contribution in [-0.4, -0.2) is 128 Å². The quantitative estimate of drug-likeness (QED) is 0.0955. The second kappa shape index (κ2) is 24.8. The van der Waals surface area contributed by atoms with Crippen molar-refractivity contribution in [1.29, 1.82) is 0 Å². The number of rotatable bonds is 16. The number of nitrogens with one attached hydrogen (secondary N) is 2. The highest BCUT2D eigenvalue weighted by molar-refractivity contribution is 6.08. The molecule has 16 nitrogen and oxygen atoms in total. The van der Waals surface area contributed by atoms with Crippen molar-refractivity contribution in [3.63, 3.8) is 0 Å². The summed E-state index contributed by atoms with van der Waals surface area (Å²) in [7, 11) is 11.6. The molecule has 10 aromatic rings. The molecule has 86 heavy (non-hydrogen) atoms. The predicted molar refractivity (Wildman–Crippen MR) is 344 cm³/mol. The fraction of sp³-hybridized carbons (Fsp3) is 0.400. The summed E-state index contributed by atoms with van der Waals surface area (Å²) in [6.45, 7) is 16.2. The minimum atomic E-state index is -0.562. The molecule has 4 aromatic carbocycles. The monoisotopic (exact) mass is 1160 g/mol. The highest BCUT2D eigenvalue weighted by Gasteiger charge is 2.34. The lowest BCUT2D eigenvalue weighted by atomic mass is 9.86. The summed E-state index contributed by atoms with van der Waals surface area (Å²) in [6, 6.07) is 39.6. The molecule has 2 N–H and O–H groups in total. The number of benzene rings is 4. The first-order valence-electron chi connectivity index (χ1n) is 30.3. The van der Waals surface area contributed by atoms with Crippen LogP contribution in [0.15, 0.2) is 134 Å². The number of fused-ring (bicyclic) bond motifs is 6. The Labute approximate surface area is 505 Å². The molecule has 0 spiro atoms. The lowest BCUT2D eigenvalue weighted by Gasteiger charge is -2.33. The summed E-state index contributed by atoms with van der Waals surface area (Å²) in [5.41, 5.74) is 16.4. The number of hydrogen-bond acceptors (Lipinski definition) is 10. The van der Waals surface area contributed by atoms with Gasteiger partial charge in [0.15, 0.2) is 0 Å². The van der Waals surface area contributed by atoms with Crippen molar-refractivity contribution in [1.82, 2.24) is 59.1 Å². The minimum absolute atomic E-state index is 0.00198. The molecule has 2 aliphatic heterocycles. The topological polar surface area (TPSA) is 154 Å². The van der Waals surface area contributed by atoms with Gasteiger partial charge in [-0.1, -0.05) is 84.9 Å². The number of hydrogen-bond donors (Lipinski definition) is 2. The van der Waals surface area contributed by atoms with E-state index in [0.29, 0.717) is 24.9 Å². The van der Waals surface area contributed by atoms with Gasteiger partial charge in [-0.05, 0) is 165 Å². The first kappa shape index (κ1) is 59.7. The average Bonchev–Trinajstić information content (AvgIpc) is 1.73. The Morgan fingerprint density at radius 1 is 0.535 bits per heavy atom. The van der Waals surface area contributed by atoms with E-state index in [1.54, 1.807) is 0 Å². The molecule has 0 aliphatic carbocycles. The van der Waals surface area contributed by atoms with Crippen LogP contribution in [0, 0.1) is 25.7 Å². The molecule has 12 rings (SSSR count). The first-order valence-corrected chi connectivity index (χ1v) is 30.3. The third kappa shape index (κ3) is 12.1. The van der Waals surface area contributed by atoms with Gasteiger partial charge in [0, 0.05) is 74.8 Å². The van der Waals surface area contributed by atoms with Crippen LogP contribution >= 0.6 is 0 Å². The zero-order chi connectivity index (χ0) is 60.6. The molecule has 2 aliphatic rings. The molecule has 0 radical (unpaired) electrons. The smallest absolute Gasteiger partial charge is 0.234 e. The predicted octanol–water partition coefficient (Wildman–Crippen LogP) is 11.7. The number of nitrogens with zero attached hydrogens (tertiary/aromatic N) is 10. The second-order valence-corrected chi connectivity index (χ2v) is 25.4. The summed E-state index contributed by atoms with van der Waals surface area (Å²) < 4.78 is 20.5. The first-order chi connectivity index (χ1) is 41.3. The molecule has 2 amide bonds. The molecule has 2 unspecified atom stereocenters. The number of ether oxygens (including phenoxy) is 2. The van der Waals surface area contributed by atoms with E-state index < -0.39 is 11.1 Å². The summed E-state index contributed by atoms with van der Waals surface area (Å²) in [4.78, 5) is 39.6.